The lowest BCUT2D eigenvalue weighted by Crippen LogP contribution is -2.49. The molecule has 0 unspecified atom stereocenters. The van der Waals surface area contributed by atoms with Crippen molar-refractivity contribution >= 4 is 23.2 Å². The van der Waals surface area contributed by atoms with Crippen LogP contribution in [0.5, 0.6) is 0 Å². The standard InChI is InChI=1S/C17H20ClFN4O/c1-3-23-16(15(18)12(2)20-23)17(24)22-10-8-21(9-11-22)14-7-5-4-6-13(14)19/h4-7H,3,8-11H2,1-2H3. The molecule has 1 aliphatic heterocycles. The summed E-state index contributed by atoms with van der Waals surface area (Å²) in [4.78, 5) is 16.5. The van der Waals surface area contributed by atoms with Gasteiger partial charge in [0.15, 0.2) is 0 Å². The number of amides is 1. The second-order valence-corrected chi connectivity index (χ2v) is 6.17. The average molecular weight is 351 g/mol. The van der Waals surface area contributed by atoms with E-state index in [0.29, 0.717) is 54.8 Å². The maximum absolute atomic E-state index is 13.9. The van der Waals surface area contributed by atoms with Gasteiger partial charge in [0.1, 0.15) is 11.5 Å². The summed E-state index contributed by atoms with van der Waals surface area (Å²) >= 11 is 6.26. The van der Waals surface area contributed by atoms with E-state index in [1.165, 1.54) is 6.07 Å². The van der Waals surface area contributed by atoms with Crippen LogP contribution in [-0.2, 0) is 6.54 Å². The molecule has 1 fully saturated rings. The van der Waals surface area contributed by atoms with Gasteiger partial charge < -0.3 is 9.80 Å². The summed E-state index contributed by atoms with van der Waals surface area (Å²) in [5.74, 6) is -0.351. The highest BCUT2D eigenvalue weighted by Crippen LogP contribution is 2.24. The van der Waals surface area contributed by atoms with Crippen molar-refractivity contribution in [3.63, 3.8) is 0 Å². The predicted octanol–water partition coefficient (Wildman–Crippen LogP) is 2.97. The number of anilines is 1. The van der Waals surface area contributed by atoms with E-state index in [0.717, 1.165) is 0 Å². The zero-order chi connectivity index (χ0) is 17.3. The number of carbonyl (C=O) groups excluding carboxylic acids is 1. The zero-order valence-electron chi connectivity index (χ0n) is 13.8. The van der Waals surface area contributed by atoms with Crippen molar-refractivity contribution in [2.75, 3.05) is 31.1 Å². The maximum atomic E-state index is 13.9. The second-order valence-electron chi connectivity index (χ2n) is 5.79. The largest absolute Gasteiger partial charge is 0.366 e. The number of halogens is 2. The summed E-state index contributed by atoms with van der Waals surface area (Å²) in [6.07, 6.45) is 0. The summed E-state index contributed by atoms with van der Waals surface area (Å²) in [5, 5.41) is 4.71. The number of aromatic nitrogens is 2. The highest BCUT2D eigenvalue weighted by molar-refractivity contribution is 6.34. The van der Waals surface area contributed by atoms with Gasteiger partial charge in [0.05, 0.1) is 16.4 Å². The van der Waals surface area contributed by atoms with Crippen LogP contribution < -0.4 is 4.90 Å². The fourth-order valence-corrected chi connectivity index (χ4v) is 3.22. The number of rotatable bonds is 3. The fraction of sp³-hybridized carbons (Fsp3) is 0.412. The monoisotopic (exact) mass is 350 g/mol. The lowest BCUT2D eigenvalue weighted by atomic mass is 10.2. The minimum absolute atomic E-state index is 0.115. The van der Waals surface area contributed by atoms with E-state index in [4.69, 9.17) is 11.6 Å². The Labute approximate surface area is 145 Å². The normalized spacial score (nSPS) is 15.0. The Morgan fingerprint density at radius 3 is 2.54 bits per heavy atom. The van der Waals surface area contributed by atoms with Crippen LogP contribution in [0.3, 0.4) is 0 Å². The quantitative estimate of drug-likeness (QED) is 0.854. The van der Waals surface area contributed by atoms with E-state index in [1.807, 2.05) is 17.9 Å². The lowest BCUT2D eigenvalue weighted by molar-refractivity contribution is 0.0734. The van der Waals surface area contributed by atoms with Gasteiger partial charge in [-0.1, -0.05) is 23.7 Å². The number of hydrogen-bond donors (Lipinski definition) is 0. The first-order chi connectivity index (χ1) is 11.5. The van der Waals surface area contributed by atoms with Crippen LogP contribution >= 0.6 is 11.6 Å². The highest BCUT2D eigenvalue weighted by Gasteiger charge is 2.28. The van der Waals surface area contributed by atoms with Crippen LogP contribution in [-0.4, -0.2) is 46.8 Å². The number of hydrogen-bond acceptors (Lipinski definition) is 3. The minimum atomic E-state index is -0.236. The van der Waals surface area contributed by atoms with E-state index in [-0.39, 0.29) is 11.7 Å². The van der Waals surface area contributed by atoms with E-state index < -0.39 is 0 Å². The van der Waals surface area contributed by atoms with Gasteiger partial charge in [-0.2, -0.15) is 5.10 Å². The number of nitrogens with zero attached hydrogens (tertiary/aromatic N) is 4. The molecule has 0 spiro atoms. The minimum Gasteiger partial charge on any atom is -0.366 e. The first-order valence-corrected chi connectivity index (χ1v) is 8.42. The Morgan fingerprint density at radius 1 is 1.25 bits per heavy atom. The van der Waals surface area contributed by atoms with Gasteiger partial charge in [0, 0.05) is 32.7 Å². The number of aryl methyl sites for hydroxylation is 2. The van der Waals surface area contributed by atoms with Crippen molar-refractivity contribution in [3.8, 4) is 0 Å². The van der Waals surface area contributed by atoms with Crippen LogP contribution in [0.2, 0.25) is 5.02 Å². The summed E-state index contributed by atoms with van der Waals surface area (Å²) in [5.41, 5.74) is 1.68. The number of carbonyl (C=O) groups is 1. The fourth-order valence-electron chi connectivity index (χ4n) is 3.00. The molecule has 128 valence electrons. The maximum Gasteiger partial charge on any atom is 0.273 e. The highest BCUT2D eigenvalue weighted by atomic mass is 35.5. The second kappa shape index (κ2) is 6.81. The molecule has 1 aliphatic rings. The van der Waals surface area contributed by atoms with Crippen LogP contribution in [0.4, 0.5) is 10.1 Å². The van der Waals surface area contributed by atoms with Crippen molar-refractivity contribution in [2.24, 2.45) is 0 Å². The van der Waals surface area contributed by atoms with Gasteiger partial charge in [-0.25, -0.2) is 4.39 Å². The molecule has 0 aliphatic carbocycles. The molecule has 0 N–H and O–H groups in total. The Kier molecular flexibility index (Phi) is 4.76. The average Bonchev–Trinajstić information content (AvgIpc) is 2.89. The molecule has 3 rings (SSSR count). The third-order valence-electron chi connectivity index (χ3n) is 4.32. The van der Waals surface area contributed by atoms with Crippen LogP contribution in [0.1, 0.15) is 23.1 Å². The molecule has 1 amide bonds. The smallest absolute Gasteiger partial charge is 0.273 e. The van der Waals surface area contributed by atoms with Crippen LogP contribution in [0.25, 0.3) is 0 Å². The van der Waals surface area contributed by atoms with Gasteiger partial charge in [-0.05, 0) is 26.0 Å². The predicted molar refractivity (Wildman–Crippen MR) is 92.2 cm³/mol. The first kappa shape index (κ1) is 16.8. The molecule has 5 nitrogen and oxygen atoms in total. The van der Waals surface area contributed by atoms with E-state index in [1.54, 1.807) is 28.6 Å². The van der Waals surface area contributed by atoms with Crippen molar-refractivity contribution in [2.45, 2.75) is 20.4 Å². The lowest BCUT2D eigenvalue weighted by Gasteiger charge is -2.36. The molecule has 1 aromatic heterocycles. The van der Waals surface area contributed by atoms with Crippen LogP contribution in [0.15, 0.2) is 24.3 Å². The third kappa shape index (κ3) is 2.98. The molecule has 2 aromatic rings. The summed E-state index contributed by atoms with van der Waals surface area (Å²) in [6.45, 7) is 6.53. The van der Waals surface area contributed by atoms with Crippen molar-refractivity contribution in [3.05, 3.63) is 46.5 Å². The molecule has 0 atom stereocenters. The van der Waals surface area contributed by atoms with Crippen molar-refractivity contribution < 1.29 is 9.18 Å². The molecule has 0 radical (unpaired) electrons. The summed E-state index contributed by atoms with van der Waals surface area (Å²) in [6, 6.07) is 6.71. The molecule has 1 saturated heterocycles. The Hall–Kier alpha value is -2.08. The number of para-hydroxylation sites is 1. The summed E-state index contributed by atoms with van der Waals surface area (Å²) in [7, 11) is 0. The van der Waals surface area contributed by atoms with Gasteiger partial charge in [0.2, 0.25) is 0 Å². The number of benzene rings is 1. The van der Waals surface area contributed by atoms with Gasteiger partial charge in [-0.15, -0.1) is 0 Å². The molecule has 2 heterocycles. The topological polar surface area (TPSA) is 41.4 Å². The molecular formula is C17H20ClFN4O. The van der Waals surface area contributed by atoms with E-state index in [2.05, 4.69) is 5.10 Å². The van der Waals surface area contributed by atoms with Crippen molar-refractivity contribution in [1.82, 2.24) is 14.7 Å². The Bertz CT molecular complexity index is 753. The van der Waals surface area contributed by atoms with Gasteiger partial charge in [-0.3, -0.25) is 9.48 Å². The Balaban J connectivity index is 1.73. The molecular weight excluding hydrogens is 331 g/mol. The zero-order valence-corrected chi connectivity index (χ0v) is 14.6. The van der Waals surface area contributed by atoms with Gasteiger partial charge >= 0.3 is 0 Å². The van der Waals surface area contributed by atoms with Crippen molar-refractivity contribution in [1.29, 1.82) is 0 Å². The first-order valence-electron chi connectivity index (χ1n) is 8.04. The van der Waals surface area contributed by atoms with E-state index in [9.17, 15) is 9.18 Å². The van der Waals surface area contributed by atoms with E-state index >= 15 is 0 Å². The molecule has 1 aromatic carbocycles. The summed E-state index contributed by atoms with van der Waals surface area (Å²) < 4.78 is 15.5. The molecule has 7 heteroatoms. The van der Waals surface area contributed by atoms with Gasteiger partial charge in [0.25, 0.3) is 5.91 Å². The SMILES string of the molecule is CCn1nc(C)c(Cl)c1C(=O)N1CCN(c2ccccc2F)CC1. The third-order valence-corrected chi connectivity index (χ3v) is 4.77. The molecule has 24 heavy (non-hydrogen) atoms. The molecule has 0 saturated carbocycles. The number of piperazine rings is 1. The van der Waals surface area contributed by atoms with Crippen LogP contribution in [0, 0.1) is 12.7 Å². The Morgan fingerprint density at radius 2 is 1.92 bits per heavy atom. The molecule has 0 bridgehead atoms.